The van der Waals surface area contributed by atoms with Crippen molar-refractivity contribution >= 4 is 17.5 Å². The SMILES string of the molecule is CC1(C)CCCC1Nc1nc(Cl)nc(-n2cncn2)n1. The summed E-state index contributed by atoms with van der Waals surface area (Å²) in [5.74, 6) is 0.844. The largest absolute Gasteiger partial charge is 0.351 e. The van der Waals surface area contributed by atoms with Gasteiger partial charge in [-0.1, -0.05) is 20.3 Å². The Morgan fingerprint density at radius 1 is 1.35 bits per heavy atom. The van der Waals surface area contributed by atoms with Crippen molar-refractivity contribution in [3.63, 3.8) is 0 Å². The van der Waals surface area contributed by atoms with Crippen LogP contribution in [0.15, 0.2) is 12.7 Å². The van der Waals surface area contributed by atoms with Crippen LogP contribution < -0.4 is 5.32 Å². The van der Waals surface area contributed by atoms with Gasteiger partial charge in [0.25, 0.3) is 5.95 Å². The number of rotatable bonds is 3. The van der Waals surface area contributed by atoms with E-state index in [-0.39, 0.29) is 10.7 Å². The van der Waals surface area contributed by atoms with E-state index in [1.54, 1.807) is 0 Å². The molecule has 2 aromatic rings. The molecule has 1 aliphatic rings. The molecule has 1 saturated carbocycles. The van der Waals surface area contributed by atoms with E-state index in [2.05, 4.69) is 44.2 Å². The zero-order valence-corrected chi connectivity index (χ0v) is 12.2. The lowest BCUT2D eigenvalue weighted by molar-refractivity contribution is 0.348. The summed E-state index contributed by atoms with van der Waals surface area (Å²) in [7, 11) is 0. The maximum absolute atomic E-state index is 5.96. The third kappa shape index (κ3) is 2.58. The number of halogens is 1. The van der Waals surface area contributed by atoms with Crippen LogP contribution in [-0.2, 0) is 0 Å². The molecule has 1 unspecified atom stereocenters. The summed E-state index contributed by atoms with van der Waals surface area (Å²) in [6, 6.07) is 0.338. The second-order valence-corrected chi connectivity index (χ2v) is 5.98. The van der Waals surface area contributed by atoms with E-state index in [0.717, 1.165) is 6.42 Å². The van der Waals surface area contributed by atoms with Crippen LogP contribution in [0.2, 0.25) is 5.28 Å². The van der Waals surface area contributed by atoms with E-state index in [1.807, 2.05) is 0 Å². The molecular formula is C12H16ClN7. The Labute approximate surface area is 121 Å². The highest BCUT2D eigenvalue weighted by atomic mass is 35.5. The highest BCUT2D eigenvalue weighted by molar-refractivity contribution is 6.28. The van der Waals surface area contributed by atoms with Crippen molar-refractivity contribution < 1.29 is 0 Å². The Morgan fingerprint density at radius 2 is 2.20 bits per heavy atom. The molecule has 1 aliphatic carbocycles. The average Bonchev–Trinajstić information content (AvgIpc) is 2.99. The van der Waals surface area contributed by atoms with E-state index in [0.29, 0.717) is 17.9 Å². The Morgan fingerprint density at radius 3 is 2.85 bits per heavy atom. The molecule has 3 rings (SSSR count). The number of aromatic nitrogens is 6. The zero-order valence-electron chi connectivity index (χ0n) is 11.4. The van der Waals surface area contributed by atoms with Gasteiger partial charge in [0.1, 0.15) is 12.7 Å². The number of nitrogens with zero attached hydrogens (tertiary/aromatic N) is 6. The fraction of sp³-hybridized carbons (Fsp3) is 0.583. The van der Waals surface area contributed by atoms with Gasteiger partial charge in [0.05, 0.1) is 0 Å². The molecule has 8 heteroatoms. The van der Waals surface area contributed by atoms with Crippen molar-refractivity contribution in [1.29, 1.82) is 0 Å². The Hall–Kier alpha value is -1.76. The van der Waals surface area contributed by atoms with Gasteiger partial charge in [-0.05, 0) is 29.9 Å². The first-order valence-corrected chi connectivity index (χ1v) is 6.95. The fourth-order valence-corrected chi connectivity index (χ4v) is 2.72. The average molecular weight is 294 g/mol. The summed E-state index contributed by atoms with van der Waals surface area (Å²) >= 11 is 5.96. The van der Waals surface area contributed by atoms with E-state index >= 15 is 0 Å². The molecule has 0 aliphatic heterocycles. The lowest BCUT2D eigenvalue weighted by Crippen LogP contribution is -2.31. The molecule has 7 nitrogen and oxygen atoms in total. The second-order valence-electron chi connectivity index (χ2n) is 5.65. The topological polar surface area (TPSA) is 81.4 Å². The van der Waals surface area contributed by atoms with Gasteiger partial charge in [0.15, 0.2) is 0 Å². The standard InChI is InChI=1S/C12H16ClN7/c1-12(2)5-3-4-8(12)16-10-17-9(13)18-11(19-10)20-7-14-6-15-20/h6-8H,3-5H2,1-2H3,(H,16,17,18,19). The van der Waals surface area contributed by atoms with E-state index in [9.17, 15) is 0 Å². The third-order valence-corrected chi connectivity index (χ3v) is 3.95. The number of anilines is 1. The molecule has 1 atom stereocenters. The Bertz CT molecular complexity index is 596. The van der Waals surface area contributed by atoms with Crippen LogP contribution in [0.3, 0.4) is 0 Å². The molecule has 2 aromatic heterocycles. The van der Waals surface area contributed by atoms with Gasteiger partial charge in [0, 0.05) is 6.04 Å². The van der Waals surface area contributed by atoms with Gasteiger partial charge >= 0.3 is 0 Å². The van der Waals surface area contributed by atoms with Crippen molar-refractivity contribution in [1.82, 2.24) is 29.7 Å². The highest BCUT2D eigenvalue weighted by Gasteiger charge is 2.34. The molecule has 0 aromatic carbocycles. The first-order chi connectivity index (χ1) is 9.54. The first kappa shape index (κ1) is 13.2. The molecular weight excluding hydrogens is 278 g/mol. The first-order valence-electron chi connectivity index (χ1n) is 6.58. The van der Waals surface area contributed by atoms with Gasteiger partial charge in [0.2, 0.25) is 11.2 Å². The maximum atomic E-state index is 5.96. The maximum Gasteiger partial charge on any atom is 0.258 e. The Balaban J connectivity index is 1.87. The summed E-state index contributed by atoms with van der Waals surface area (Å²) in [6.45, 7) is 4.50. The van der Waals surface area contributed by atoms with Gasteiger partial charge in [-0.25, -0.2) is 4.98 Å². The molecule has 0 amide bonds. The lowest BCUT2D eigenvalue weighted by Gasteiger charge is -2.27. The predicted octanol–water partition coefficient (Wildman–Crippen LogP) is 2.10. The monoisotopic (exact) mass is 293 g/mol. The molecule has 0 saturated heterocycles. The predicted molar refractivity (Wildman–Crippen MR) is 74.8 cm³/mol. The van der Waals surface area contributed by atoms with Crippen molar-refractivity contribution in [3.8, 4) is 5.95 Å². The smallest absolute Gasteiger partial charge is 0.258 e. The van der Waals surface area contributed by atoms with Crippen molar-refractivity contribution in [2.75, 3.05) is 5.32 Å². The molecule has 20 heavy (non-hydrogen) atoms. The molecule has 0 bridgehead atoms. The van der Waals surface area contributed by atoms with Crippen LogP contribution in [0.4, 0.5) is 5.95 Å². The van der Waals surface area contributed by atoms with Gasteiger partial charge in [-0.15, -0.1) is 0 Å². The van der Waals surface area contributed by atoms with Crippen LogP contribution in [0.25, 0.3) is 5.95 Å². The summed E-state index contributed by atoms with van der Waals surface area (Å²) < 4.78 is 1.46. The summed E-state index contributed by atoms with van der Waals surface area (Å²) in [5, 5.41) is 7.50. The summed E-state index contributed by atoms with van der Waals surface area (Å²) in [6.07, 6.45) is 6.45. The van der Waals surface area contributed by atoms with E-state index in [4.69, 9.17) is 11.6 Å². The second kappa shape index (κ2) is 4.97. The minimum atomic E-state index is 0.142. The van der Waals surface area contributed by atoms with Crippen LogP contribution in [0.5, 0.6) is 0 Å². The van der Waals surface area contributed by atoms with Crippen molar-refractivity contribution in [2.24, 2.45) is 5.41 Å². The number of hydrogen-bond donors (Lipinski definition) is 1. The number of hydrogen-bond acceptors (Lipinski definition) is 6. The summed E-state index contributed by atoms with van der Waals surface area (Å²) in [5.41, 5.74) is 0.229. The highest BCUT2D eigenvalue weighted by Crippen LogP contribution is 2.38. The van der Waals surface area contributed by atoms with Gasteiger partial charge in [-0.2, -0.15) is 24.7 Å². The van der Waals surface area contributed by atoms with Gasteiger partial charge < -0.3 is 5.32 Å². The molecule has 0 spiro atoms. The number of nitrogens with one attached hydrogen (secondary N) is 1. The van der Waals surface area contributed by atoms with E-state index in [1.165, 1.54) is 30.2 Å². The summed E-state index contributed by atoms with van der Waals surface area (Å²) in [4.78, 5) is 16.4. The quantitative estimate of drug-likeness (QED) is 0.933. The zero-order chi connectivity index (χ0) is 14.2. The molecule has 2 heterocycles. The van der Waals surface area contributed by atoms with Crippen LogP contribution in [-0.4, -0.2) is 35.8 Å². The molecule has 0 radical (unpaired) electrons. The normalized spacial score (nSPS) is 21.1. The van der Waals surface area contributed by atoms with Crippen molar-refractivity contribution in [2.45, 2.75) is 39.2 Å². The fourth-order valence-electron chi connectivity index (χ4n) is 2.57. The minimum Gasteiger partial charge on any atom is -0.351 e. The van der Waals surface area contributed by atoms with Crippen LogP contribution in [0.1, 0.15) is 33.1 Å². The molecule has 1 fully saturated rings. The minimum absolute atomic E-state index is 0.142. The molecule has 1 N–H and O–H groups in total. The van der Waals surface area contributed by atoms with Crippen molar-refractivity contribution in [3.05, 3.63) is 17.9 Å². The Kier molecular flexibility index (Phi) is 3.29. The third-order valence-electron chi connectivity index (χ3n) is 3.78. The van der Waals surface area contributed by atoms with Gasteiger partial charge in [-0.3, -0.25) is 0 Å². The lowest BCUT2D eigenvalue weighted by atomic mass is 9.87. The van der Waals surface area contributed by atoms with Crippen LogP contribution >= 0.6 is 11.6 Å². The van der Waals surface area contributed by atoms with Crippen LogP contribution in [0, 0.1) is 5.41 Å². The van der Waals surface area contributed by atoms with E-state index < -0.39 is 0 Å². The molecule has 106 valence electrons.